The Balaban J connectivity index is 1.58. The predicted octanol–water partition coefficient (Wildman–Crippen LogP) is 2.22. The van der Waals surface area contributed by atoms with E-state index in [2.05, 4.69) is 5.10 Å². The number of hydrogen-bond acceptors (Lipinski definition) is 3. The van der Waals surface area contributed by atoms with Gasteiger partial charge in [0.2, 0.25) is 5.88 Å². The van der Waals surface area contributed by atoms with Crippen LogP contribution in [-0.4, -0.2) is 27.6 Å². The van der Waals surface area contributed by atoms with Crippen molar-refractivity contribution in [1.29, 1.82) is 0 Å². The van der Waals surface area contributed by atoms with Gasteiger partial charge in [0, 0.05) is 12.3 Å². The van der Waals surface area contributed by atoms with Gasteiger partial charge in [-0.15, -0.1) is 5.10 Å². The van der Waals surface area contributed by atoms with Crippen molar-refractivity contribution in [3.63, 3.8) is 0 Å². The first kappa shape index (κ1) is 10.6. The Hall–Kier alpha value is -1.52. The van der Waals surface area contributed by atoms with E-state index in [-0.39, 0.29) is 0 Å². The molecule has 2 saturated carbocycles. The standard InChI is InChI=1S/C12H16N2O3/c15-12(16)14-6-5-11(13-14)17-7-10-8-1-2-9(10)4-3-8/h5-6,8-10H,1-4,7H2,(H,15,16). The van der Waals surface area contributed by atoms with E-state index in [1.54, 1.807) is 6.07 Å². The number of ether oxygens (including phenoxy) is 1. The Morgan fingerprint density at radius 1 is 1.41 bits per heavy atom. The summed E-state index contributed by atoms with van der Waals surface area (Å²) < 4.78 is 6.48. The van der Waals surface area contributed by atoms with Gasteiger partial charge < -0.3 is 9.84 Å². The molecule has 17 heavy (non-hydrogen) atoms. The lowest BCUT2D eigenvalue weighted by atomic mass is 9.99. The van der Waals surface area contributed by atoms with Gasteiger partial charge in [-0.05, 0) is 43.4 Å². The first-order valence-corrected chi connectivity index (χ1v) is 6.16. The third kappa shape index (κ3) is 1.90. The van der Waals surface area contributed by atoms with Crippen LogP contribution >= 0.6 is 0 Å². The molecule has 2 aliphatic carbocycles. The molecule has 1 aromatic heterocycles. The van der Waals surface area contributed by atoms with Gasteiger partial charge >= 0.3 is 6.09 Å². The fourth-order valence-corrected chi connectivity index (χ4v) is 3.33. The van der Waals surface area contributed by atoms with Gasteiger partial charge in [-0.3, -0.25) is 0 Å². The van der Waals surface area contributed by atoms with Gasteiger partial charge in [-0.2, -0.15) is 4.68 Å². The number of aromatic nitrogens is 2. The van der Waals surface area contributed by atoms with Crippen molar-refractivity contribution >= 4 is 6.09 Å². The minimum atomic E-state index is -1.08. The fourth-order valence-electron chi connectivity index (χ4n) is 3.33. The summed E-state index contributed by atoms with van der Waals surface area (Å²) in [6.07, 6.45) is 5.66. The average Bonchev–Trinajstić information content (AvgIpc) is 3.01. The van der Waals surface area contributed by atoms with Crippen LogP contribution in [0.15, 0.2) is 12.3 Å². The highest BCUT2D eigenvalue weighted by molar-refractivity contribution is 5.66. The van der Waals surface area contributed by atoms with E-state index in [4.69, 9.17) is 9.84 Å². The highest BCUT2D eigenvalue weighted by Crippen LogP contribution is 2.49. The molecule has 5 heteroatoms. The van der Waals surface area contributed by atoms with Gasteiger partial charge in [0.15, 0.2) is 0 Å². The first-order valence-electron chi connectivity index (χ1n) is 6.16. The van der Waals surface area contributed by atoms with E-state index in [1.165, 1.54) is 31.9 Å². The van der Waals surface area contributed by atoms with Crippen molar-refractivity contribution in [1.82, 2.24) is 9.78 Å². The summed E-state index contributed by atoms with van der Waals surface area (Å²) in [6, 6.07) is 1.60. The second-order valence-electron chi connectivity index (χ2n) is 5.03. The summed E-state index contributed by atoms with van der Waals surface area (Å²) in [5, 5.41) is 12.6. The Morgan fingerprint density at radius 2 is 2.06 bits per heavy atom. The summed E-state index contributed by atoms with van der Waals surface area (Å²) in [5.41, 5.74) is 0. The molecule has 2 fully saturated rings. The molecule has 0 atom stereocenters. The van der Waals surface area contributed by atoms with Crippen LogP contribution in [-0.2, 0) is 0 Å². The van der Waals surface area contributed by atoms with Crippen molar-refractivity contribution in [2.75, 3.05) is 6.61 Å². The van der Waals surface area contributed by atoms with Gasteiger partial charge in [-0.25, -0.2) is 4.79 Å². The molecule has 0 radical (unpaired) electrons. The van der Waals surface area contributed by atoms with Crippen LogP contribution < -0.4 is 4.74 Å². The summed E-state index contributed by atoms with van der Waals surface area (Å²) >= 11 is 0. The monoisotopic (exact) mass is 236 g/mol. The lowest BCUT2D eigenvalue weighted by Gasteiger charge is -2.14. The Kier molecular flexibility index (Phi) is 2.53. The number of carbonyl (C=O) groups is 1. The Labute approximate surface area is 99.4 Å². The van der Waals surface area contributed by atoms with E-state index >= 15 is 0 Å². The van der Waals surface area contributed by atoms with Crippen molar-refractivity contribution < 1.29 is 14.6 Å². The summed E-state index contributed by atoms with van der Waals surface area (Å²) in [4.78, 5) is 10.6. The number of carboxylic acid groups (broad SMARTS) is 1. The second-order valence-corrected chi connectivity index (χ2v) is 5.03. The maximum absolute atomic E-state index is 10.6. The Morgan fingerprint density at radius 3 is 2.59 bits per heavy atom. The molecule has 3 rings (SSSR count). The van der Waals surface area contributed by atoms with Gasteiger partial charge in [0.1, 0.15) is 0 Å². The van der Waals surface area contributed by atoms with Crippen LogP contribution in [0.2, 0.25) is 0 Å². The fraction of sp³-hybridized carbons (Fsp3) is 0.667. The van der Waals surface area contributed by atoms with Crippen LogP contribution in [0.5, 0.6) is 5.88 Å². The molecular formula is C12H16N2O3. The van der Waals surface area contributed by atoms with Crippen LogP contribution in [0.3, 0.4) is 0 Å². The third-order valence-corrected chi connectivity index (χ3v) is 4.21. The van der Waals surface area contributed by atoms with Crippen molar-refractivity contribution in [2.45, 2.75) is 25.7 Å². The average molecular weight is 236 g/mol. The van der Waals surface area contributed by atoms with Crippen LogP contribution in [0.4, 0.5) is 4.79 Å². The molecule has 0 saturated heterocycles. The maximum Gasteiger partial charge on any atom is 0.432 e. The zero-order valence-corrected chi connectivity index (χ0v) is 9.58. The topological polar surface area (TPSA) is 64.3 Å². The van der Waals surface area contributed by atoms with Crippen molar-refractivity contribution in [3.05, 3.63) is 12.3 Å². The number of rotatable bonds is 3. The molecule has 0 amide bonds. The van der Waals surface area contributed by atoms with Crippen LogP contribution in [0.1, 0.15) is 25.7 Å². The highest BCUT2D eigenvalue weighted by atomic mass is 16.5. The molecule has 1 heterocycles. The molecule has 2 aliphatic rings. The molecule has 1 N–H and O–H groups in total. The largest absolute Gasteiger partial charge is 0.476 e. The van der Waals surface area contributed by atoms with Crippen LogP contribution in [0, 0.1) is 17.8 Å². The van der Waals surface area contributed by atoms with E-state index in [1.807, 2.05) is 0 Å². The predicted molar refractivity (Wildman–Crippen MR) is 60.1 cm³/mol. The molecule has 1 aromatic rings. The number of fused-ring (bicyclic) bond motifs is 2. The Bertz CT molecular complexity index is 409. The van der Waals surface area contributed by atoms with E-state index in [0.29, 0.717) is 18.4 Å². The summed E-state index contributed by atoms with van der Waals surface area (Å²) in [5.74, 6) is 2.71. The lowest BCUT2D eigenvalue weighted by Crippen LogP contribution is -2.17. The SMILES string of the molecule is O=C(O)n1ccc(OCC2C3CCC2CC3)n1. The molecular weight excluding hydrogens is 220 g/mol. The van der Waals surface area contributed by atoms with Crippen molar-refractivity contribution in [3.8, 4) is 5.88 Å². The van der Waals surface area contributed by atoms with Crippen molar-refractivity contribution in [2.24, 2.45) is 17.8 Å². The van der Waals surface area contributed by atoms with Gasteiger partial charge in [-0.1, -0.05) is 0 Å². The minimum Gasteiger partial charge on any atom is -0.476 e. The molecule has 0 spiro atoms. The van der Waals surface area contributed by atoms with E-state index < -0.39 is 6.09 Å². The molecule has 92 valence electrons. The van der Waals surface area contributed by atoms with E-state index in [9.17, 15) is 4.79 Å². The number of nitrogens with zero attached hydrogens (tertiary/aromatic N) is 2. The van der Waals surface area contributed by atoms with Gasteiger partial charge in [0.05, 0.1) is 6.61 Å². The van der Waals surface area contributed by atoms with Gasteiger partial charge in [0.25, 0.3) is 0 Å². The zero-order valence-electron chi connectivity index (χ0n) is 9.58. The normalized spacial score (nSPS) is 30.7. The van der Waals surface area contributed by atoms with Crippen LogP contribution in [0.25, 0.3) is 0 Å². The first-order chi connectivity index (χ1) is 8.24. The minimum absolute atomic E-state index is 0.415. The summed E-state index contributed by atoms with van der Waals surface area (Å²) in [7, 11) is 0. The second kappa shape index (κ2) is 4.05. The summed E-state index contributed by atoms with van der Waals surface area (Å²) in [6.45, 7) is 0.686. The molecule has 0 unspecified atom stereocenters. The van der Waals surface area contributed by atoms with E-state index in [0.717, 1.165) is 16.5 Å². The highest BCUT2D eigenvalue weighted by Gasteiger charge is 2.41. The smallest absolute Gasteiger partial charge is 0.432 e. The maximum atomic E-state index is 10.6. The zero-order chi connectivity index (χ0) is 11.8. The quantitative estimate of drug-likeness (QED) is 0.874. The third-order valence-electron chi connectivity index (χ3n) is 4.21. The molecule has 5 nitrogen and oxygen atoms in total. The number of hydrogen-bond donors (Lipinski definition) is 1. The lowest BCUT2D eigenvalue weighted by molar-refractivity contribution is 0.187. The molecule has 0 aromatic carbocycles. The molecule has 0 aliphatic heterocycles. The molecule has 2 bridgehead atoms.